The van der Waals surface area contributed by atoms with E-state index in [1.807, 2.05) is 26.0 Å². The molecule has 32 heavy (non-hydrogen) atoms. The van der Waals surface area contributed by atoms with Gasteiger partial charge in [-0.1, -0.05) is 0 Å². The molecule has 1 saturated heterocycles. The van der Waals surface area contributed by atoms with Crippen LogP contribution in [0.5, 0.6) is 17.2 Å². The van der Waals surface area contributed by atoms with Crippen molar-refractivity contribution in [3.8, 4) is 17.2 Å². The Hall–Kier alpha value is 0.350. The average molecular weight is 889 g/mol. The second kappa shape index (κ2) is 12.9. The summed E-state index contributed by atoms with van der Waals surface area (Å²) in [4.78, 5) is 11.7. The summed E-state index contributed by atoms with van der Waals surface area (Å²) in [6.07, 6.45) is 1.03. The van der Waals surface area contributed by atoms with Crippen molar-refractivity contribution in [2.24, 2.45) is 0 Å². The van der Waals surface area contributed by atoms with Gasteiger partial charge in [-0.05, 0) is 147 Å². The highest BCUT2D eigenvalue weighted by Crippen LogP contribution is 2.37. The number of esters is 1. The minimum atomic E-state index is -0.315. The predicted octanol–water partition coefficient (Wildman–Crippen LogP) is 5.76. The summed E-state index contributed by atoms with van der Waals surface area (Å²) in [5.74, 6) is 2.28. The molecule has 0 bridgehead atoms. The summed E-state index contributed by atoms with van der Waals surface area (Å²) in [6.45, 7) is 6.08. The predicted molar refractivity (Wildman–Crippen MR) is 157 cm³/mol. The Morgan fingerprint density at radius 2 is 1.69 bits per heavy atom. The highest BCUT2D eigenvalue weighted by atomic mass is 127. The molecule has 1 aliphatic heterocycles. The first kappa shape index (κ1) is 26.9. The number of ether oxygens (including phenoxy) is 4. The summed E-state index contributed by atoms with van der Waals surface area (Å²) < 4.78 is 26.5. The van der Waals surface area contributed by atoms with Gasteiger partial charge in [-0.3, -0.25) is 4.79 Å². The van der Waals surface area contributed by atoms with Crippen molar-refractivity contribution in [3.63, 3.8) is 0 Å². The van der Waals surface area contributed by atoms with Crippen molar-refractivity contribution >= 4 is 96.3 Å². The number of carbonyl (C=O) groups is 1. The van der Waals surface area contributed by atoms with Gasteiger partial charge in [0.05, 0.1) is 27.5 Å². The molecule has 1 heterocycles. The molecule has 1 fully saturated rings. The monoisotopic (exact) mass is 889 g/mol. The average Bonchev–Trinajstić information content (AvgIpc) is 3.54. The zero-order valence-corrected chi connectivity index (χ0v) is 26.2. The van der Waals surface area contributed by atoms with Crippen LogP contribution in [0.2, 0.25) is 0 Å². The van der Waals surface area contributed by atoms with Crippen LogP contribution < -0.4 is 14.8 Å². The summed E-state index contributed by atoms with van der Waals surface area (Å²) in [5, 5.41) is 3.22. The lowest BCUT2D eigenvalue weighted by Crippen LogP contribution is -2.36. The number of benzene rings is 2. The fraction of sp³-hybridized carbons (Fsp3) is 0.409. The third kappa shape index (κ3) is 7.95. The Kier molecular flexibility index (Phi) is 10.8. The van der Waals surface area contributed by atoms with Crippen LogP contribution in [-0.2, 0) is 20.7 Å². The van der Waals surface area contributed by atoms with Gasteiger partial charge in [-0.25, -0.2) is 0 Å². The third-order valence-electron chi connectivity index (χ3n) is 4.57. The Morgan fingerprint density at radius 3 is 2.25 bits per heavy atom. The fourth-order valence-electron chi connectivity index (χ4n) is 2.83. The largest absolute Gasteiger partial charge is 0.489 e. The van der Waals surface area contributed by atoms with E-state index >= 15 is 0 Å². The summed E-state index contributed by atoms with van der Waals surface area (Å²) in [6, 6.07) is 7.92. The standard InChI is InChI=1S/C22H23I4NO5/c1-3-29-22(28)12(2)27-5-4-13-6-16(23)21(17(24)7-13)32-14-8-18(25)20(19(26)9-14)31-11-15-10-30-15/h6-9,12,15,27H,3-5,10-11H2,1-2H3. The number of nitrogens with one attached hydrogen (secondary N) is 1. The minimum absolute atomic E-state index is 0.220. The zero-order valence-electron chi connectivity index (χ0n) is 17.6. The topological polar surface area (TPSA) is 69.3 Å². The molecule has 1 N–H and O–H groups in total. The summed E-state index contributed by atoms with van der Waals surface area (Å²) in [7, 11) is 0. The van der Waals surface area contributed by atoms with Crippen molar-refractivity contribution in [2.45, 2.75) is 32.4 Å². The molecule has 174 valence electrons. The molecule has 2 unspecified atom stereocenters. The van der Waals surface area contributed by atoms with Crippen molar-refractivity contribution in [1.82, 2.24) is 5.32 Å². The van der Waals surface area contributed by atoms with E-state index in [0.717, 1.165) is 44.6 Å². The Labute approximate surface area is 242 Å². The molecular formula is C22H23I4NO5. The molecule has 2 aromatic rings. The molecule has 0 saturated carbocycles. The van der Waals surface area contributed by atoms with Gasteiger partial charge in [-0.2, -0.15) is 0 Å². The number of halogens is 4. The summed E-state index contributed by atoms with van der Waals surface area (Å²) >= 11 is 9.18. The van der Waals surface area contributed by atoms with Crippen LogP contribution in [0.15, 0.2) is 24.3 Å². The second-order valence-electron chi connectivity index (χ2n) is 7.15. The molecular weight excluding hydrogens is 866 g/mol. The molecule has 2 aromatic carbocycles. The normalized spacial score (nSPS) is 15.9. The van der Waals surface area contributed by atoms with Gasteiger partial charge >= 0.3 is 5.97 Å². The van der Waals surface area contributed by atoms with E-state index in [2.05, 4.69) is 108 Å². The van der Waals surface area contributed by atoms with Gasteiger partial charge in [0.2, 0.25) is 0 Å². The van der Waals surface area contributed by atoms with Crippen LogP contribution in [0.3, 0.4) is 0 Å². The van der Waals surface area contributed by atoms with E-state index in [1.54, 1.807) is 0 Å². The lowest BCUT2D eigenvalue weighted by atomic mass is 10.1. The van der Waals surface area contributed by atoms with Crippen LogP contribution >= 0.6 is 90.4 Å². The minimum Gasteiger partial charge on any atom is -0.489 e. The number of carbonyl (C=O) groups excluding carboxylic acids is 1. The highest BCUT2D eigenvalue weighted by molar-refractivity contribution is 14.1. The first-order valence-electron chi connectivity index (χ1n) is 10.1. The number of epoxide rings is 1. The van der Waals surface area contributed by atoms with E-state index in [4.69, 9.17) is 18.9 Å². The molecule has 3 rings (SSSR count). The maximum absolute atomic E-state index is 11.7. The smallest absolute Gasteiger partial charge is 0.322 e. The van der Waals surface area contributed by atoms with Gasteiger partial charge in [0.25, 0.3) is 0 Å². The molecule has 0 spiro atoms. The van der Waals surface area contributed by atoms with Gasteiger partial charge in [0, 0.05) is 0 Å². The zero-order chi connectivity index (χ0) is 23.3. The van der Waals surface area contributed by atoms with Gasteiger partial charge < -0.3 is 24.3 Å². The molecule has 0 radical (unpaired) electrons. The number of hydrogen-bond acceptors (Lipinski definition) is 6. The molecule has 6 nitrogen and oxygen atoms in total. The lowest BCUT2D eigenvalue weighted by Gasteiger charge is -2.16. The van der Waals surface area contributed by atoms with Crippen molar-refractivity contribution in [2.75, 3.05) is 26.4 Å². The van der Waals surface area contributed by atoms with Crippen LogP contribution in [0, 0.1) is 14.3 Å². The van der Waals surface area contributed by atoms with E-state index in [9.17, 15) is 4.79 Å². The van der Waals surface area contributed by atoms with Crippen LogP contribution in [0.1, 0.15) is 19.4 Å². The number of hydrogen-bond donors (Lipinski definition) is 1. The molecule has 0 amide bonds. The van der Waals surface area contributed by atoms with Crippen LogP contribution in [0.4, 0.5) is 0 Å². The van der Waals surface area contributed by atoms with Crippen molar-refractivity contribution < 1.29 is 23.7 Å². The van der Waals surface area contributed by atoms with Crippen molar-refractivity contribution in [3.05, 3.63) is 44.1 Å². The Balaban J connectivity index is 1.63. The van der Waals surface area contributed by atoms with E-state index in [1.165, 1.54) is 5.56 Å². The van der Waals surface area contributed by atoms with E-state index in [-0.39, 0.29) is 18.1 Å². The van der Waals surface area contributed by atoms with Crippen molar-refractivity contribution in [1.29, 1.82) is 0 Å². The molecule has 10 heteroatoms. The van der Waals surface area contributed by atoms with Gasteiger partial charge in [-0.15, -0.1) is 0 Å². The SMILES string of the molecule is CCOC(=O)C(C)NCCc1cc(I)c(Oc2cc(I)c(OCC3CO3)c(I)c2)c(I)c1. The molecule has 2 atom stereocenters. The number of rotatable bonds is 11. The first-order chi connectivity index (χ1) is 15.3. The second-order valence-corrected chi connectivity index (χ2v) is 11.8. The molecule has 1 aliphatic rings. The van der Waals surface area contributed by atoms with E-state index < -0.39 is 0 Å². The van der Waals surface area contributed by atoms with E-state index in [0.29, 0.717) is 19.8 Å². The van der Waals surface area contributed by atoms with Crippen LogP contribution in [0.25, 0.3) is 0 Å². The lowest BCUT2D eigenvalue weighted by molar-refractivity contribution is -0.145. The third-order valence-corrected chi connectivity index (χ3v) is 7.78. The Morgan fingerprint density at radius 1 is 1.09 bits per heavy atom. The van der Waals surface area contributed by atoms with Gasteiger partial charge in [0.1, 0.15) is 30.3 Å². The fourth-order valence-corrected chi connectivity index (χ4v) is 6.97. The Bertz CT molecular complexity index is 921. The van der Waals surface area contributed by atoms with Crippen LogP contribution in [-0.4, -0.2) is 44.5 Å². The molecule has 0 aromatic heterocycles. The summed E-state index contributed by atoms with van der Waals surface area (Å²) in [5.41, 5.74) is 1.19. The first-order valence-corrected chi connectivity index (χ1v) is 14.4. The molecule has 0 aliphatic carbocycles. The maximum Gasteiger partial charge on any atom is 0.322 e. The quantitative estimate of drug-likeness (QED) is 0.176. The van der Waals surface area contributed by atoms with Gasteiger partial charge in [0.15, 0.2) is 5.75 Å². The highest BCUT2D eigenvalue weighted by Gasteiger charge is 2.24. The maximum atomic E-state index is 11.7.